The maximum atomic E-state index is 14.1. The number of hydrogen-bond acceptors (Lipinski definition) is 40. The van der Waals surface area contributed by atoms with Crippen molar-refractivity contribution in [2.24, 2.45) is 5.41 Å². The van der Waals surface area contributed by atoms with Crippen LogP contribution in [0.2, 0.25) is 0 Å². The maximum Gasteiger partial charge on any atom is 0.474 e. The highest BCUT2D eigenvalue weighted by molar-refractivity contribution is 7.48. The molecule has 17 N–H and O–H groups in total. The van der Waals surface area contributed by atoms with Crippen molar-refractivity contribution in [3.05, 3.63) is 18.3 Å². The number of amides is 3. The predicted molar refractivity (Wildman–Crippen MR) is 345 cm³/mol. The lowest BCUT2D eigenvalue weighted by atomic mass is 9.92. The van der Waals surface area contributed by atoms with E-state index in [-0.39, 0.29) is 12.1 Å². The number of hydrogen-bond donors (Lipinski definition) is 17. The highest BCUT2D eigenvalue weighted by Gasteiger charge is 2.50. The molecular formula is C53H94N7O42P5. The van der Waals surface area contributed by atoms with Crippen LogP contribution >= 0.6 is 39.1 Å². The number of aryl methyl sites for hydroxylation is 1. The van der Waals surface area contributed by atoms with Crippen LogP contribution in [0.1, 0.15) is 59.9 Å². The van der Waals surface area contributed by atoms with Gasteiger partial charge in [-0.3, -0.25) is 64.2 Å². The van der Waals surface area contributed by atoms with E-state index in [9.17, 15) is 108 Å². The standard InChI is InChI=1S/C53H94N7O42P5/c1-28-38-48(55-23-54-28)60(24-56-38)37-14-32(101-107(81,82)102-52(5,6)7)36(97-37)18-92-106(79,80)93-22-53(19-83-25-94-103(73,74)89-11-8-86-49-39(57-29(2)64)45(70)42(67)33(15-61)98-49,20-84-26-95-104(75,76)90-12-9-87-50-40(58-30(3)65)46(71)43(68)34(16-62)99-50)21-85-27-96-105(77,78)91-13-10-88-51-41(59-31(4)66)47(72)44(69)35(17-63)100-51/h23-24,32-37,39-47,49-51,61-63,67-72H,8-22,25-27H2,1-7H3,(H,57,64)(H,58,65)(H,59,66)(H,73,74)(H,75,76)(H,77,78)(H,79,80)(H,81,82)/t32?,33?,34?,35?,36-,37-,39?,40?,41?,42+,43+,44+,45-,46-,47-,49-,50-,51-,53?/m1/s1. The Bertz CT molecular complexity index is 3180. The largest absolute Gasteiger partial charge is 0.474 e. The Kier molecular flexibility index (Phi) is 36.1. The molecule has 4 aliphatic heterocycles. The van der Waals surface area contributed by atoms with E-state index < -0.39 is 291 Å². The van der Waals surface area contributed by atoms with Crippen LogP contribution in [-0.2, 0) is 130 Å². The summed E-state index contributed by atoms with van der Waals surface area (Å²) in [6.07, 6.45) is -21.0. The number of nitrogens with one attached hydrogen (secondary N) is 3. The van der Waals surface area contributed by atoms with Gasteiger partial charge in [0.2, 0.25) is 17.7 Å². The van der Waals surface area contributed by atoms with Crippen molar-refractivity contribution in [1.82, 2.24) is 35.5 Å². The zero-order valence-corrected chi connectivity index (χ0v) is 63.0. The highest BCUT2D eigenvalue weighted by atomic mass is 31.2. The summed E-state index contributed by atoms with van der Waals surface area (Å²) >= 11 is 0. The summed E-state index contributed by atoms with van der Waals surface area (Å²) < 4.78 is 176. The Morgan fingerprint density at radius 1 is 0.505 bits per heavy atom. The van der Waals surface area contributed by atoms with E-state index in [0.717, 1.165) is 20.8 Å². The summed E-state index contributed by atoms with van der Waals surface area (Å²) in [7, 11) is -26.3. The second kappa shape index (κ2) is 41.7. The molecule has 0 radical (unpaired) electrons. The normalized spacial score (nSPS) is 31.3. The molecule has 0 aliphatic carbocycles. The smallest absolute Gasteiger partial charge is 0.394 e. The van der Waals surface area contributed by atoms with Crippen LogP contribution in [-0.4, -0.2) is 330 Å². The lowest BCUT2D eigenvalue weighted by Gasteiger charge is -2.42. The van der Waals surface area contributed by atoms with E-state index in [4.69, 9.17) is 92.6 Å². The predicted octanol–water partition coefficient (Wildman–Crippen LogP) is -4.95. The van der Waals surface area contributed by atoms with Crippen LogP contribution in [0.15, 0.2) is 12.7 Å². The van der Waals surface area contributed by atoms with Crippen LogP contribution < -0.4 is 16.0 Å². The number of rotatable bonds is 46. The van der Waals surface area contributed by atoms with E-state index in [1.54, 1.807) is 6.92 Å². The van der Waals surface area contributed by atoms with Crippen molar-refractivity contribution < 1.29 is 200 Å². The van der Waals surface area contributed by atoms with E-state index in [1.807, 2.05) is 0 Å². The summed E-state index contributed by atoms with van der Waals surface area (Å²) in [5, 5.41) is 98.8. The van der Waals surface area contributed by atoms with Gasteiger partial charge in [-0.15, -0.1) is 0 Å². The molecule has 3 amide bonds. The number of imidazole rings is 1. The number of carbonyl (C=O) groups excluding carboxylic acids is 3. The number of fused-ring (bicyclic) bond motifs is 1. The van der Waals surface area contributed by atoms with Gasteiger partial charge in [-0.1, -0.05) is 0 Å². The molecule has 2 aromatic heterocycles. The molecule has 0 spiro atoms. The molecule has 0 bridgehead atoms. The van der Waals surface area contributed by atoms with Gasteiger partial charge in [-0.25, -0.2) is 37.8 Å². The molecule has 6 rings (SSSR count). The monoisotopic (exact) mass is 1660 g/mol. The van der Waals surface area contributed by atoms with Gasteiger partial charge in [0.15, 0.2) is 44.9 Å². The molecule has 618 valence electrons. The van der Waals surface area contributed by atoms with Crippen LogP contribution in [0, 0.1) is 12.3 Å². The molecule has 107 heavy (non-hydrogen) atoms. The number of aromatic nitrogens is 4. The van der Waals surface area contributed by atoms with Gasteiger partial charge in [0.25, 0.3) is 0 Å². The molecule has 12 unspecified atom stereocenters. The zero-order chi connectivity index (χ0) is 79.5. The van der Waals surface area contributed by atoms with Crippen molar-refractivity contribution in [3.8, 4) is 0 Å². The molecule has 23 atom stereocenters. The fourth-order valence-corrected chi connectivity index (χ4v) is 14.4. The molecule has 6 heterocycles. The van der Waals surface area contributed by atoms with Gasteiger partial charge in [0.1, 0.15) is 103 Å². The van der Waals surface area contributed by atoms with Crippen LogP contribution in [0.3, 0.4) is 0 Å². The first-order valence-corrected chi connectivity index (χ1v) is 39.8. The fourth-order valence-electron chi connectivity index (χ4n) is 10.5. The van der Waals surface area contributed by atoms with Gasteiger partial charge >= 0.3 is 39.1 Å². The summed E-state index contributed by atoms with van der Waals surface area (Å²) in [4.78, 5) is 103. The third kappa shape index (κ3) is 29.3. The van der Waals surface area contributed by atoms with Crippen molar-refractivity contribution in [3.63, 3.8) is 0 Å². The zero-order valence-electron chi connectivity index (χ0n) is 58.5. The van der Waals surface area contributed by atoms with Crippen molar-refractivity contribution in [1.29, 1.82) is 0 Å². The summed E-state index contributed by atoms with van der Waals surface area (Å²) in [6.45, 7) is -6.76. The van der Waals surface area contributed by atoms with Gasteiger partial charge in [-0.2, -0.15) is 0 Å². The van der Waals surface area contributed by atoms with Crippen LogP contribution in [0.25, 0.3) is 11.2 Å². The minimum absolute atomic E-state index is 0.241. The molecule has 4 fully saturated rings. The Labute approximate surface area is 609 Å². The lowest BCUT2D eigenvalue weighted by Crippen LogP contribution is -2.64. The van der Waals surface area contributed by atoms with E-state index >= 15 is 0 Å². The number of nitrogens with zero attached hydrogens (tertiary/aromatic N) is 4. The topological polar surface area (TPSA) is 684 Å². The van der Waals surface area contributed by atoms with Crippen molar-refractivity contribution in [2.75, 3.05) is 113 Å². The molecule has 2 aromatic rings. The van der Waals surface area contributed by atoms with Gasteiger partial charge in [0, 0.05) is 27.2 Å². The van der Waals surface area contributed by atoms with Crippen molar-refractivity contribution in [2.45, 2.75) is 171 Å². The Morgan fingerprint density at radius 3 is 1.25 bits per heavy atom. The van der Waals surface area contributed by atoms with Crippen LogP contribution in [0.5, 0.6) is 0 Å². The molecular weight excluding hydrogens is 1560 g/mol. The average Bonchev–Trinajstić information content (AvgIpc) is 1.68. The van der Waals surface area contributed by atoms with E-state index in [1.165, 1.54) is 38.0 Å². The molecule has 4 saturated heterocycles. The molecule has 4 aliphatic rings. The maximum absolute atomic E-state index is 14.1. The van der Waals surface area contributed by atoms with E-state index in [0.29, 0.717) is 11.2 Å². The summed E-state index contributed by atoms with van der Waals surface area (Å²) in [5.41, 5.74) is -2.47. The first-order valence-electron chi connectivity index (χ1n) is 32.3. The number of phosphoric acid groups is 5. The van der Waals surface area contributed by atoms with Crippen molar-refractivity contribution >= 4 is 68.0 Å². The lowest BCUT2D eigenvalue weighted by molar-refractivity contribution is -0.271. The number of phosphoric ester groups is 5. The minimum Gasteiger partial charge on any atom is -0.394 e. The number of ether oxygens (including phenoxy) is 10. The van der Waals surface area contributed by atoms with Gasteiger partial charge < -0.3 is 134 Å². The Hall–Kier alpha value is -3.25. The van der Waals surface area contributed by atoms with Gasteiger partial charge in [0.05, 0.1) is 116 Å². The molecule has 0 aromatic carbocycles. The number of aliphatic hydroxyl groups is 9. The minimum atomic E-state index is -5.58. The molecule has 54 heteroatoms. The number of carbonyl (C=O) groups is 3. The third-order valence-corrected chi connectivity index (χ3v) is 20.4. The van der Waals surface area contributed by atoms with E-state index in [2.05, 4.69) is 30.9 Å². The Balaban J connectivity index is 1.21. The first-order chi connectivity index (χ1) is 50.0. The Morgan fingerprint density at radius 2 is 0.888 bits per heavy atom. The third-order valence-electron chi connectivity index (χ3n) is 15.4. The first kappa shape index (κ1) is 92.6. The van der Waals surface area contributed by atoms with Gasteiger partial charge in [-0.05, 0) is 27.7 Å². The average molecular weight is 1660 g/mol. The van der Waals surface area contributed by atoms with Crippen LogP contribution in [0.4, 0.5) is 0 Å². The summed E-state index contributed by atoms with van der Waals surface area (Å²) in [5.74, 6) is -2.10. The molecule has 0 saturated carbocycles. The molecule has 49 nitrogen and oxygen atoms in total. The second-order valence-electron chi connectivity index (χ2n) is 25.1. The second-order valence-corrected chi connectivity index (χ2v) is 32.2. The summed E-state index contributed by atoms with van der Waals surface area (Å²) in [6, 6.07) is -4.27. The SMILES string of the molecule is CC(=O)NC1[C@H](OCCOP(=O)(O)OCOCC(COCOP(=O)(O)OCCO[C@@H]2OC(CO)[C@H](O)[C@H](O)C2NC(C)=O)(COCOP(=O)(O)OCCO[C@@H]2OC(CO)[C@H](O)[C@H](O)C2NC(C)=O)COP(=O)(O)OC[C@H]2O[C@@H](n3cnc4c(C)ncnc43)CC2OP(=O)(O)OC(C)(C)C)OC(CO)[C@H](O)[C@@H]1O. The quantitative estimate of drug-likeness (QED) is 0.0168. The fraction of sp³-hybridized carbons (Fsp3) is 0.849. The highest BCUT2D eigenvalue weighted by Crippen LogP contribution is 2.53. The number of aliphatic hydroxyl groups excluding tert-OH is 9.